The summed E-state index contributed by atoms with van der Waals surface area (Å²) in [6, 6.07) is 4.68. The number of hydrogen-bond donors (Lipinski definition) is 1. The van der Waals surface area contributed by atoms with Crippen molar-refractivity contribution in [1.29, 1.82) is 0 Å². The van der Waals surface area contributed by atoms with Crippen LogP contribution in [0.1, 0.15) is 12.5 Å². The predicted octanol–water partition coefficient (Wildman–Crippen LogP) is 3.18. The minimum Gasteiger partial charge on any atom is -0.450 e. The molecule has 132 valence electrons. The number of nitrogens with one attached hydrogen (secondary N) is 1. The van der Waals surface area contributed by atoms with Gasteiger partial charge in [-0.3, -0.25) is 0 Å². The van der Waals surface area contributed by atoms with Gasteiger partial charge in [0.2, 0.25) is 0 Å². The molecule has 0 spiro atoms. The SMILES string of the molecule is CCOC(=O)N1CCN(C(=S)Nc2ccc(C(F)(F)F)cc2)CC1. The maximum Gasteiger partial charge on any atom is 0.416 e. The maximum absolute atomic E-state index is 12.5. The van der Waals surface area contributed by atoms with Crippen molar-refractivity contribution in [1.82, 2.24) is 9.80 Å². The molecule has 9 heteroatoms. The summed E-state index contributed by atoms with van der Waals surface area (Å²) in [6.45, 7) is 4.10. The summed E-state index contributed by atoms with van der Waals surface area (Å²) in [6.07, 6.45) is -4.71. The lowest BCUT2D eigenvalue weighted by molar-refractivity contribution is -0.137. The van der Waals surface area contributed by atoms with E-state index in [1.54, 1.807) is 11.8 Å². The number of nitrogens with zero attached hydrogens (tertiary/aromatic N) is 2. The highest BCUT2D eigenvalue weighted by Gasteiger charge is 2.30. The van der Waals surface area contributed by atoms with E-state index in [-0.39, 0.29) is 6.09 Å². The van der Waals surface area contributed by atoms with Crippen LogP contribution >= 0.6 is 12.2 Å². The van der Waals surface area contributed by atoms with Crippen LogP contribution in [0.4, 0.5) is 23.7 Å². The van der Waals surface area contributed by atoms with E-state index >= 15 is 0 Å². The quantitative estimate of drug-likeness (QED) is 0.820. The van der Waals surface area contributed by atoms with Crippen molar-refractivity contribution in [3.05, 3.63) is 29.8 Å². The molecule has 1 amide bonds. The van der Waals surface area contributed by atoms with E-state index in [2.05, 4.69) is 5.32 Å². The fourth-order valence-corrected chi connectivity index (χ4v) is 2.55. The summed E-state index contributed by atoms with van der Waals surface area (Å²) in [5, 5.41) is 3.33. The van der Waals surface area contributed by atoms with Crippen LogP contribution in [0.3, 0.4) is 0 Å². The molecule has 1 aromatic carbocycles. The van der Waals surface area contributed by atoms with Gasteiger partial charge in [-0.05, 0) is 43.4 Å². The van der Waals surface area contributed by atoms with E-state index in [1.165, 1.54) is 12.1 Å². The molecule has 0 aliphatic carbocycles. The highest BCUT2D eigenvalue weighted by Crippen LogP contribution is 2.29. The Bertz CT molecular complexity index is 585. The molecule has 0 bridgehead atoms. The number of halogens is 3. The molecule has 24 heavy (non-hydrogen) atoms. The van der Waals surface area contributed by atoms with Gasteiger partial charge in [-0.2, -0.15) is 13.2 Å². The van der Waals surface area contributed by atoms with Gasteiger partial charge in [0.25, 0.3) is 0 Å². The van der Waals surface area contributed by atoms with E-state index in [1.807, 2.05) is 4.90 Å². The molecule has 5 nitrogen and oxygen atoms in total. The molecule has 0 aromatic heterocycles. The van der Waals surface area contributed by atoms with E-state index in [0.717, 1.165) is 12.1 Å². The number of carbonyl (C=O) groups excluding carboxylic acids is 1. The minimum atomic E-state index is -4.36. The Balaban J connectivity index is 1.86. The van der Waals surface area contributed by atoms with Gasteiger partial charge in [0.05, 0.1) is 12.2 Å². The highest BCUT2D eigenvalue weighted by atomic mass is 32.1. The second-order valence-electron chi connectivity index (χ2n) is 5.18. The van der Waals surface area contributed by atoms with Gasteiger partial charge in [0.1, 0.15) is 0 Å². The number of hydrogen-bond acceptors (Lipinski definition) is 3. The zero-order valence-electron chi connectivity index (χ0n) is 13.1. The number of amides is 1. The maximum atomic E-state index is 12.5. The van der Waals surface area contributed by atoms with Crippen LogP contribution < -0.4 is 5.32 Å². The molecular weight excluding hydrogens is 343 g/mol. The number of carbonyl (C=O) groups is 1. The van der Waals surface area contributed by atoms with Crippen molar-refractivity contribution in [2.75, 3.05) is 38.1 Å². The number of alkyl halides is 3. The van der Waals surface area contributed by atoms with Gasteiger partial charge in [-0.15, -0.1) is 0 Å². The zero-order chi connectivity index (χ0) is 17.7. The molecule has 1 aromatic rings. The first-order valence-corrected chi connectivity index (χ1v) is 7.87. The van der Waals surface area contributed by atoms with E-state index in [0.29, 0.717) is 43.6 Å². The van der Waals surface area contributed by atoms with Crippen molar-refractivity contribution in [2.24, 2.45) is 0 Å². The first-order valence-electron chi connectivity index (χ1n) is 7.46. The first kappa shape index (κ1) is 18.3. The molecule has 2 rings (SSSR count). The predicted molar refractivity (Wildman–Crippen MR) is 87.8 cm³/mol. The smallest absolute Gasteiger partial charge is 0.416 e. The summed E-state index contributed by atoms with van der Waals surface area (Å²) in [4.78, 5) is 15.1. The summed E-state index contributed by atoms with van der Waals surface area (Å²) in [5.41, 5.74) is -0.220. The molecule has 1 heterocycles. The molecule has 0 saturated carbocycles. The Labute approximate surface area is 143 Å². The second kappa shape index (κ2) is 7.69. The van der Waals surface area contributed by atoms with E-state index in [4.69, 9.17) is 17.0 Å². The number of thiocarbonyl (C=S) groups is 1. The minimum absolute atomic E-state index is 0.326. The van der Waals surface area contributed by atoms with Gasteiger partial charge in [-0.25, -0.2) is 4.79 Å². The number of rotatable bonds is 2. The van der Waals surface area contributed by atoms with Crippen LogP contribution in [-0.4, -0.2) is 53.8 Å². The average molecular weight is 361 g/mol. The van der Waals surface area contributed by atoms with Gasteiger partial charge in [0, 0.05) is 31.9 Å². The third-order valence-electron chi connectivity index (χ3n) is 3.56. The number of benzene rings is 1. The highest BCUT2D eigenvalue weighted by molar-refractivity contribution is 7.80. The van der Waals surface area contributed by atoms with Crippen molar-refractivity contribution >= 4 is 29.1 Å². The molecule has 1 N–H and O–H groups in total. The standard InChI is InChI=1S/C15H18F3N3O2S/c1-2-23-14(22)21-9-7-20(8-10-21)13(24)19-12-5-3-11(4-6-12)15(16,17)18/h3-6H,2,7-10H2,1H3,(H,19,24). The summed E-state index contributed by atoms with van der Waals surface area (Å²) in [7, 11) is 0. The molecular formula is C15H18F3N3O2S. The number of piperazine rings is 1. The van der Waals surface area contributed by atoms with Crippen LogP contribution in [0, 0.1) is 0 Å². The van der Waals surface area contributed by atoms with Crippen molar-refractivity contribution in [2.45, 2.75) is 13.1 Å². The van der Waals surface area contributed by atoms with Crippen LogP contribution in [0.5, 0.6) is 0 Å². The molecule has 1 saturated heterocycles. The largest absolute Gasteiger partial charge is 0.450 e. The number of anilines is 1. The van der Waals surface area contributed by atoms with E-state index < -0.39 is 11.7 Å². The van der Waals surface area contributed by atoms with Crippen LogP contribution in [0.15, 0.2) is 24.3 Å². The molecule has 0 radical (unpaired) electrons. The molecule has 1 aliphatic heterocycles. The van der Waals surface area contributed by atoms with Gasteiger partial charge in [0.15, 0.2) is 5.11 Å². The summed E-state index contributed by atoms with van der Waals surface area (Å²) >= 11 is 5.28. The number of ether oxygens (including phenoxy) is 1. The zero-order valence-corrected chi connectivity index (χ0v) is 13.9. The van der Waals surface area contributed by atoms with Gasteiger partial charge in [-0.1, -0.05) is 0 Å². The molecule has 1 aliphatic rings. The van der Waals surface area contributed by atoms with Gasteiger partial charge < -0.3 is 19.9 Å². The summed E-state index contributed by atoms with van der Waals surface area (Å²) in [5.74, 6) is 0. The summed E-state index contributed by atoms with van der Waals surface area (Å²) < 4.78 is 42.5. The Morgan fingerprint density at radius 3 is 2.21 bits per heavy atom. The van der Waals surface area contributed by atoms with E-state index in [9.17, 15) is 18.0 Å². The van der Waals surface area contributed by atoms with Crippen molar-refractivity contribution < 1.29 is 22.7 Å². The molecule has 1 fully saturated rings. The van der Waals surface area contributed by atoms with Crippen LogP contribution in [0.2, 0.25) is 0 Å². The Kier molecular flexibility index (Phi) is 5.87. The monoisotopic (exact) mass is 361 g/mol. The Hall–Kier alpha value is -2.03. The van der Waals surface area contributed by atoms with Gasteiger partial charge >= 0.3 is 12.3 Å². The average Bonchev–Trinajstić information content (AvgIpc) is 2.55. The second-order valence-corrected chi connectivity index (χ2v) is 5.56. The molecule has 0 atom stereocenters. The fourth-order valence-electron chi connectivity index (χ4n) is 2.25. The first-order chi connectivity index (χ1) is 11.3. The van der Waals surface area contributed by atoms with Crippen molar-refractivity contribution in [3.8, 4) is 0 Å². The van der Waals surface area contributed by atoms with Crippen LogP contribution in [0.25, 0.3) is 0 Å². The third kappa shape index (κ3) is 4.73. The molecule has 0 unspecified atom stereocenters. The lowest BCUT2D eigenvalue weighted by Crippen LogP contribution is -2.51. The Morgan fingerprint density at radius 1 is 1.17 bits per heavy atom. The van der Waals surface area contributed by atoms with Crippen molar-refractivity contribution in [3.63, 3.8) is 0 Å². The van der Waals surface area contributed by atoms with Crippen LogP contribution in [-0.2, 0) is 10.9 Å². The third-order valence-corrected chi connectivity index (χ3v) is 3.92. The Morgan fingerprint density at radius 2 is 1.71 bits per heavy atom. The fraction of sp³-hybridized carbons (Fsp3) is 0.467. The normalized spacial score (nSPS) is 15.2. The topological polar surface area (TPSA) is 44.8 Å². The lowest BCUT2D eigenvalue weighted by Gasteiger charge is -2.35. The lowest BCUT2D eigenvalue weighted by atomic mass is 10.2.